The number of halogens is 1. The first-order valence-corrected chi connectivity index (χ1v) is 6.84. The second-order valence-corrected chi connectivity index (χ2v) is 4.97. The summed E-state index contributed by atoms with van der Waals surface area (Å²) in [5.41, 5.74) is -0.434. The Morgan fingerprint density at radius 1 is 1.30 bits per heavy atom. The van der Waals surface area contributed by atoms with Gasteiger partial charge in [-0.3, -0.25) is 24.6 Å². The van der Waals surface area contributed by atoms with Gasteiger partial charge in [0.05, 0.1) is 19.6 Å². The van der Waals surface area contributed by atoms with Crippen molar-refractivity contribution in [3.8, 4) is 5.75 Å². The first-order valence-electron chi connectivity index (χ1n) is 6.84. The quantitative estimate of drug-likeness (QED) is 0.751. The topological polar surface area (TPSA) is 104 Å². The molecule has 0 saturated heterocycles. The predicted molar refractivity (Wildman–Crippen MR) is 80.9 cm³/mol. The molecule has 0 saturated carbocycles. The van der Waals surface area contributed by atoms with Gasteiger partial charge in [0, 0.05) is 11.6 Å². The van der Waals surface area contributed by atoms with E-state index in [-0.39, 0.29) is 17.7 Å². The summed E-state index contributed by atoms with van der Waals surface area (Å²) in [6, 6.07) is 4.96. The summed E-state index contributed by atoms with van der Waals surface area (Å²) in [4.78, 5) is 34.6. The molecule has 8 heteroatoms. The molecular formula is C15H16FN3O4. The molecule has 0 fully saturated rings. The van der Waals surface area contributed by atoms with E-state index in [1.165, 1.54) is 19.2 Å². The van der Waals surface area contributed by atoms with E-state index < -0.39 is 28.9 Å². The maximum atomic E-state index is 13.7. The van der Waals surface area contributed by atoms with Crippen LogP contribution in [0.5, 0.6) is 5.75 Å². The number of carbonyl (C=O) groups is 1. The molecule has 0 aliphatic rings. The molecule has 1 amide bonds. The number of hydrogen-bond acceptors (Lipinski definition) is 4. The number of nitrogens with one attached hydrogen (secondary N) is 3. The number of aromatic nitrogens is 2. The zero-order valence-electron chi connectivity index (χ0n) is 12.6. The van der Waals surface area contributed by atoms with Gasteiger partial charge in [-0.05, 0) is 24.6 Å². The first-order chi connectivity index (χ1) is 10.9. The van der Waals surface area contributed by atoms with Gasteiger partial charge < -0.3 is 10.1 Å². The lowest BCUT2D eigenvalue weighted by Gasteiger charge is -2.15. The molecule has 1 heterocycles. The minimum atomic E-state index is -0.539. The van der Waals surface area contributed by atoms with E-state index in [0.29, 0.717) is 5.56 Å². The van der Waals surface area contributed by atoms with Crippen LogP contribution in [0.2, 0.25) is 0 Å². The van der Waals surface area contributed by atoms with Crippen LogP contribution in [-0.4, -0.2) is 23.2 Å². The Balaban J connectivity index is 2.07. The Bertz CT molecular complexity index is 828. The molecular weight excluding hydrogens is 305 g/mol. The van der Waals surface area contributed by atoms with Gasteiger partial charge in [0.1, 0.15) is 0 Å². The third-order valence-electron chi connectivity index (χ3n) is 3.30. The van der Waals surface area contributed by atoms with Crippen molar-refractivity contribution in [1.82, 2.24) is 15.5 Å². The summed E-state index contributed by atoms with van der Waals surface area (Å²) in [6.45, 7) is 1.68. The van der Waals surface area contributed by atoms with Crippen molar-refractivity contribution >= 4 is 5.91 Å². The summed E-state index contributed by atoms with van der Waals surface area (Å²) in [7, 11) is 1.36. The molecule has 122 valence electrons. The second kappa shape index (κ2) is 6.91. The minimum Gasteiger partial charge on any atom is -0.494 e. The van der Waals surface area contributed by atoms with Gasteiger partial charge in [-0.15, -0.1) is 0 Å². The molecule has 0 aliphatic carbocycles. The summed E-state index contributed by atoms with van der Waals surface area (Å²) in [5.74, 6) is -0.871. The lowest BCUT2D eigenvalue weighted by Crippen LogP contribution is -2.31. The van der Waals surface area contributed by atoms with Crippen molar-refractivity contribution in [3.05, 3.63) is 61.9 Å². The molecule has 0 aliphatic heterocycles. The van der Waals surface area contributed by atoms with Crippen molar-refractivity contribution in [1.29, 1.82) is 0 Å². The monoisotopic (exact) mass is 321 g/mol. The van der Waals surface area contributed by atoms with E-state index in [1.54, 1.807) is 13.0 Å². The fraction of sp³-hybridized carbons (Fsp3) is 0.267. The molecule has 3 N–H and O–H groups in total. The maximum absolute atomic E-state index is 13.7. The highest BCUT2D eigenvalue weighted by molar-refractivity contribution is 5.78. The van der Waals surface area contributed by atoms with E-state index in [0.717, 1.165) is 6.07 Å². The molecule has 2 rings (SSSR count). The van der Waals surface area contributed by atoms with Crippen molar-refractivity contribution in [2.45, 2.75) is 19.4 Å². The highest BCUT2D eigenvalue weighted by Gasteiger charge is 2.14. The Labute approximate surface area is 130 Å². The van der Waals surface area contributed by atoms with Crippen LogP contribution < -0.4 is 21.2 Å². The standard InChI is InChI=1S/C15H16FN3O4/c1-8(9-3-4-12(23-2)11(16)5-9)17-13(20)6-10-7-14(21)18-19-15(10)22/h3-5,7-8H,6H2,1-2H3,(H,17,20)(H,18,21)(H,19,22). The number of benzene rings is 1. The highest BCUT2D eigenvalue weighted by Crippen LogP contribution is 2.21. The van der Waals surface area contributed by atoms with Crippen molar-refractivity contribution in [2.24, 2.45) is 0 Å². The lowest BCUT2D eigenvalue weighted by molar-refractivity contribution is -0.121. The van der Waals surface area contributed by atoms with Gasteiger partial charge in [-0.1, -0.05) is 6.07 Å². The second-order valence-electron chi connectivity index (χ2n) is 4.97. The van der Waals surface area contributed by atoms with E-state index in [2.05, 4.69) is 15.5 Å². The highest BCUT2D eigenvalue weighted by atomic mass is 19.1. The van der Waals surface area contributed by atoms with Gasteiger partial charge >= 0.3 is 0 Å². The number of amides is 1. The fourth-order valence-corrected chi connectivity index (χ4v) is 2.09. The number of aromatic amines is 2. The number of hydrogen-bond donors (Lipinski definition) is 3. The lowest BCUT2D eigenvalue weighted by atomic mass is 10.1. The molecule has 2 aromatic rings. The van der Waals surface area contributed by atoms with Crippen LogP contribution in [0.25, 0.3) is 0 Å². The maximum Gasteiger partial charge on any atom is 0.266 e. The molecule has 7 nitrogen and oxygen atoms in total. The molecule has 23 heavy (non-hydrogen) atoms. The van der Waals surface area contributed by atoms with Gasteiger partial charge in [-0.2, -0.15) is 0 Å². The number of carbonyl (C=O) groups excluding carboxylic acids is 1. The van der Waals surface area contributed by atoms with Gasteiger partial charge in [-0.25, -0.2) is 4.39 Å². The summed E-state index contributed by atoms with van der Waals surface area (Å²) in [6.07, 6.45) is -0.248. The van der Waals surface area contributed by atoms with E-state index in [4.69, 9.17) is 4.74 Å². The van der Waals surface area contributed by atoms with Gasteiger partial charge in [0.2, 0.25) is 5.91 Å². The Kier molecular flexibility index (Phi) is 4.95. The third kappa shape index (κ3) is 4.06. The molecule has 0 spiro atoms. The van der Waals surface area contributed by atoms with Crippen LogP contribution in [0.15, 0.2) is 33.9 Å². The Hall–Kier alpha value is -2.90. The van der Waals surface area contributed by atoms with Crippen LogP contribution in [0, 0.1) is 5.82 Å². The molecule has 1 aromatic carbocycles. The van der Waals surface area contributed by atoms with Gasteiger partial charge in [0.15, 0.2) is 11.6 Å². The van der Waals surface area contributed by atoms with Crippen LogP contribution in [0.1, 0.15) is 24.1 Å². The van der Waals surface area contributed by atoms with Crippen molar-refractivity contribution < 1.29 is 13.9 Å². The Morgan fingerprint density at radius 2 is 2.04 bits per heavy atom. The third-order valence-corrected chi connectivity index (χ3v) is 3.30. The molecule has 1 atom stereocenters. The Morgan fingerprint density at radius 3 is 2.70 bits per heavy atom. The smallest absolute Gasteiger partial charge is 0.266 e. The average Bonchev–Trinajstić information content (AvgIpc) is 2.50. The average molecular weight is 321 g/mol. The largest absolute Gasteiger partial charge is 0.494 e. The number of methoxy groups -OCH3 is 1. The zero-order valence-corrected chi connectivity index (χ0v) is 12.6. The van der Waals surface area contributed by atoms with Crippen LogP contribution >= 0.6 is 0 Å². The van der Waals surface area contributed by atoms with Crippen LogP contribution in [0.4, 0.5) is 4.39 Å². The summed E-state index contributed by atoms with van der Waals surface area (Å²) < 4.78 is 18.5. The molecule has 1 aromatic heterocycles. The van der Waals surface area contributed by atoms with E-state index in [9.17, 15) is 18.8 Å². The first kappa shape index (κ1) is 16.5. The SMILES string of the molecule is COc1ccc(C(C)NC(=O)Cc2cc(=O)[nH][nH]c2=O)cc1F. The molecule has 1 unspecified atom stereocenters. The van der Waals surface area contributed by atoms with Gasteiger partial charge in [0.25, 0.3) is 11.1 Å². The number of rotatable bonds is 5. The molecule has 0 bridgehead atoms. The van der Waals surface area contributed by atoms with Crippen molar-refractivity contribution in [2.75, 3.05) is 7.11 Å². The number of H-pyrrole nitrogens is 2. The predicted octanol–water partition coefficient (Wildman–Crippen LogP) is 0.631. The van der Waals surface area contributed by atoms with Crippen LogP contribution in [0.3, 0.4) is 0 Å². The number of ether oxygens (including phenoxy) is 1. The van der Waals surface area contributed by atoms with E-state index in [1.807, 2.05) is 0 Å². The summed E-state index contributed by atoms with van der Waals surface area (Å²) in [5, 5.41) is 6.91. The van der Waals surface area contributed by atoms with Crippen molar-refractivity contribution in [3.63, 3.8) is 0 Å². The normalized spacial score (nSPS) is 11.8. The van der Waals surface area contributed by atoms with E-state index >= 15 is 0 Å². The fourth-order valence-electron chi connectivity index (χ4n) is 2.09. The van der Waals surface area contributed by atoms with Crippen LogP contribution in [-0.2, 0) is 11.2 Å². The molecule has 0 radical (unpaired) electrons. The zero-order chi connectivity index (χ0) is 17.0. The minimum absolute atomic E-state index is 0.0550. The summed E-state index contributed by atoms with van der Waals surface area (Å²) >= 11 is 0.